The van der Waals surface area contributed by atoms with E-state index >= 15 is 0 Å². The summed E-state index contributed by atoms with van der Waals surface area (Å²) < 4.78 is 31.6. The minimum absolute atomic E-state index is 0.00601. The summed E-state index contributed by atoms with van der Waals surface area (Å²) in [7, 11) is 0. The molecule has 3 heterocycles. The van der Waals surface area contributed by atoms with Crippen LogP contribution in [0.1, 0.15) is 52.9 Å². The lowest BCUT2D eigenvalue weighted by atomic mass is 9.74. The van der Waals surface area contributed by atoms with E-state index in [0.717, 1.165) is 32.1 Å². The van der Waals surface area contributed by atoms with Gasteiger partial charge in [-0.2, -0.15) is 0 Å². The summed E-state index contributed by atoms with van der Waals surface area (Å²) in [4.78, 5) is 14.3. The van der Waals surface area contributed by atoms with E-state index in [4.69, 9.17) is 14.2 Å². The highest BCUT2D eigenvalue weighted by Gasteiger charge is 2.53. The SMILES string of the molecule is CC(C)(O)[C@@H]1CC[C@](C)([C@@H]2CC3(CCN(C(=O)COc4ccccc4F)CC3)CO2)O1. The fourth-order valence-corrected chi connectivity index (χ4v) is 5.15. The normalized spacial score (nSPS) is 30.7. The monoisotopic (exact) mass is 435 g/mol. The third kappa shape index (κ3) is 4.73. The van der Waals surface area contributed by atoms with Crippen molar-refractivity contribution in [3.8, 4) is 5.75 Å². The summed E-state index contributed by atoms with van der Waals surface area (Å²) in [5, 5.41) is 10.3. The molecule has 31 heavy (non-hydrogen) atoms. The van der Waals surface area contributed by atoms with E-state index in [2.05, 4.69) is 6.92 Å². The lowest BCUT2D eigenvalue weighted by molar-refractivity contribution is -0.155. The number of carbonyl (C=O) groups excluding carboxylic acids is 1. The van der Waals surface area contributed by atoms with Gasteiger partial charge in [0.2, 0.25) is 0 Å². The van der Waals surface area contributed by atoms with Crippen LogP contribution < -0.4 is 4.74 Å². The Morgan fingerprint density at radius 2 is 2.00 bits per heavy atom. The minimum Gasteiger partial charge on any atom is -0.481 e. The van der Waals surface area contributed by atoms with E-state index in [1.807, 2.05) is 0 Å². The molecule has 172 valence electrons. The van der Waals surface area contributed by atoms with E-state index in [-0.39, 0.29) is 41.5 Å². The molecule has 0 bridgehead atoms. The molecular formula is C24H34FNO5. The molecule has 3 aliphatic rings. The van der Waals surface area contributed by atoms with Crippen molar-refractivity contribution >= 4 is 5.91 Å². The van der Waals surface area contributed by atoms with Crippen LogP contribution in [-0.4, -0.2) is 65.6 Å². The Labute approximate surface area is 183 Å². The number of halogens is 1. The number of ether oxygens (including phenoxy) is 3. The number of nitrogens with zero attached hydrogens (tertiary/aromatic N) is 1. The van der Waals surface area contributed by atoms with Crippen LogP contribution in [-0.2, 0) is 14.3 Å². The summed E-state index contributed by atoms with van der Waals surface area (Å²) in [5.41, 5.74) is -1.17. The van der Waals surface area contributed by atoms with Gasteiger partial charge in [0.15, 0.2) is 18.2 Å². The van der Waals surface area contributed by atoms with E-state index in [0.29, 0.717) is 19.7 Å². The van der Waals surface area contributed by atoms with E-state index < -0.39 is 11.4 Å². The fraction of sp³-hybridized carbons (Fsp3) is 0.708. The van der Waals surface area contributed by atoms with Gasteiger partial charge in [-0.05, 0) is 70.4 Å². The summed E-state index contributed by atoms with van der Waals surface area (Å²) in [6.07, 6.45) is 4.20. The van der Waals surface area contributed by atoms with Crippen molar-refractivity contribution in [2.24, 2.45) is 5.41 Å². The highest BCUT2D eigenvalue weighted by Crippen LogP contribution is 2.49. The van der Waals surface area contributed by atoms with Crippen molar-refractivity contribution in [3.63, 3.8) is 0 Å². The van der Waals surface area contributed by atoms with Crippen LogP contribution in [0, 0.1) is 11.2 Å². The molecular weight excluding hydrogens is 401 g/mol. The number of hydrogen-bond donors (Lipinski definition) is 1. The fourth-order valence-electron chi connectivity index (χ4n) is 5.15. The average molecular weight is 436 g/mol. The molecule has 0 aliphatic carbocycles. The highest BCUT2D eigenvalue weighted by atomic mass is 19.1. The Morgan fingerprint density at radius 1 is 1.29 bits per heavy atom. The number of likely N-dealkylation sites (tertiary alicyclic amines) is 1. The van der Waals surface area contributed by atoms with Gasteiger partial charge in [0, 0.05) is 13.1 Å². The second kappa shape index (κ2) is 8.34. The van der Waals surface area contributed by atoms with E-state index in [9.17, 15) is 14.3 Å². The molecule has 1 aromatic rings. The van der Waals surface area contributed by atoms with Gasteiger partial charge in [-0.1, -0.05) is 12.1 Å². The van der Waals surface area contributed by atoms with Crippen molar-refractivity contribution in [2.75, 3.05) is 26.3 Å². The quantitative estimate of drug-likeness (QED) is 0.769. The highest BCUT2D eigenvalue weighted by molar-refractivity contribution is 5.77. The van der Waals surface area contributed by atoms with Crippen molar-refractivity contribution in [1.29, 1.82) is 0 Å². The maximum atomic E-state index is 13.7. The van der Waals surface area contributed by atoms with Crippen LogP contribution in [0.15, 0.2) is 24.3 Å². The van der Waals surface area contributed by atoms with Crippen molar-refractivity contribution in [1.82, 2.24) is 4.90 Å². The Balaban J connectivity index is 1.28. The van der Waals surface area contributed by atoms with Gasteiger partial charge in [-0.25, -0.2) is 4.39 Å². The topological polar surface area (TPSA) is 68.2 Å². The molecule has 0 radical (unpaired) electrons. The first kappa shape index (κ1) is 22.5. The number of rotatable bonds is 5. The maximum Gasteiger partial charge on any atom is 0.260 e. The Kier molecular flexibility index (Phi) is 6.05. The minimum atomic E-state index is -0.857. The standard InChI is InChI=1S/C24H34FNO5/c1-22(2,28)19-8-9-23(3,31-19)20-14-24(16-30-20)10-12-26(13-11-24)21(27)15-29-18-7-5-4-6-17(18)25/h4-7,19-20,28H,8-16H2,1-3H3/t19-,20-,23+/m0/s1. The van der Waals surface area contributed by atoms with Crippen molar-refractivity contribution in [2.45, 2.75) is 76.3 Å². The summed E-state index contributed by atoms with van der Waals surface area (Å²) in [6.45, 7) is 7.51. The van der Waals surface area contributed by atoms with Gasteiger partial charge < -0.3 is 24.2 Å². The molecule has 0 unspecified atom stereocenters. The third-order valence-electron chi connectivity index (χ3n) is 7.36. The molecule has 1 aromatic carbocycles. The molecule has 0 saturated carbocycles. The number of piperidine rings is 1. The van der Waals surface area contributed by atoms with Gasteiger partial charge in [0.25, 0.3) is 5.91 Å². The van der Waals surface area contributed by atoms with Crippen LogP contribution in [0.5, 0.6) is 5.75 Å². The molecule has 0 aromatic heterocycles. The number of benzene rings is 1. The number of carbonyl (C=O) groups is 1. The van der Waals surface area contributed by atoms with Gasteiger partial charge in [-0.15, -0.1) is 0 Å². The lowest BCUT2D eigenvalue weighted by Crippen LogP contribution is -2.46. The van der Waals surface area contributed by atoms with Crippen LogP contribution in [0.3, 0.4) is 0 Å². The number of amides is 1. The second-order valence-electron chi connectivity index (χ2n) is 10.2. The van der Waals surface area contributed by atoms with Gasteiger partial charge in [-0.3, -0.25) is 4.79 Å². The van der Waals surface area contributed by atoms with Crippen molar-refractivity contribution < 1.29 is 28.5 Å². The Bertz CT molecular complexity index is 801. The summed E-state index contributed by atoms with van der Waals surface area (Å²) >= 11 is 0. The predicted octanol–water partition coefficient (Wildman–Crippen LogP) is 3.31. The molecule has 7 heteroatoms. The van der Waals surface area contributed by atoms with Crippen LogP contribution in [0.4, 0.5) is 4.39 Å². The molecule has 6 nitrogen and oxygen atoms in total. The maximum absolute atomic E-state index is 13.7. The Hall–Kier alpha value is -1.70. The Morgan fingerprint density at radius 3 is 2.65 bits per heavy atom. The van der Waals surface area contributed by atoms with Crippen molar-refractivity contribution in [3.05, 3.63) is 30.1 Å². The van der Waals surface area contributed by atoms with E-state index in [1.54, 1.807) is 30.9 Å². The third-order valence-corrected chi connectivity index (χ3v) is 7.36. The summed E-state index contributed by atoms with van der Waals surface area (Å²) in [5.74, 6) is -0.477. The molecule has 3 aliphatic heterocycles. The number of para-hydroxylation sites is 1. The molecule has 4 rings (SSSR count). The van der Waals surface area contributed by atoms with Gasteiger partial charge in [0.1, 0.15) is 0 Å². The first-order valence-electron chi connectivity index (χ1n) is 11.3. The zero-order valence-electron chi connectivity index (χ0n) is 18.7. The van der Waals surface area contributed by atoms with Gasteiger partial charge >= 0.3 is 0 Å². The van der Waals surface area contributed by atoms with Crippen LogP contribution in [0.2, 0.25) is 0 Å². The second-order valence-corrected chi connectivity index (χ2v) is 10.2. The zero-order chi connectivity index (χ0) is 22.3. The van der Waals surface area contributed by atoms with Gasteiger partial charge in [0.05, 0.1) is 30.0 Å². The molecule has 1 spiro atoms. The molecule has 1 N–H and O–H groups in total. The predicted molar refractivity (Wildman–Crippen MR) is 113 cm³/mol. The molecule has 3 fully saturated rings. The molecule has 3 atom stereocenters. The molecule has 1 amide bonds. The number of hydrogen-bond acceptors (Lipinski definition) is 5. The average Bonchev–Trinajstić information content (AvgIpc) is 3.33. The van der Waals surface area contributed by atoms with Crippen LogP contribution in [0.25, 0.3) is 0 Å². The number of aliphatic hydroxyl groups is 1. The largest absolute Gasteiger partial charge is 0.481 e. The first-order chi connectivity index (χ1) is 14.6. The smallest absolute Gasteiger partial charge is 0.260 e. The molecule has 3 saturated heterocycles. The zero-order valence-corrected chi connectivity index (χ0v) is 18.7. The summed E-state index contributed by atoms with van der Waals surface area (Å²) in [6, 6.07) is 6.12. The lowest BCUT2D eigenvalue weighted by Gasteiger charge is -2.39. The van der Waals surface area contributed by atoms with Crippen LogP contribution >= 0.6 is 0 Å². The van der Waals surface area contributed by atoms with E-state index in [1.165, 1.54) is 12.1 Å². The first-order valence-corrected chi connectivity index (χ1v) is 11.3.